The third-order valence-electron chi connectivity index (χ3n) is 6.06. The van der Waals surface area contributed by atoms with Crippen LogP contribution in [0.3, 0.4) is 0 Å². The van der Waals surface area contributed by atoms with Gasteiger partial charge in [0, 0.05) is 27.3 Å². The topological polar surface area (TPSA) is 41.4 Å². The van der Waals surface area contributed by atoms with E-state index in [0.29, 0.717) is 11.0 Å². The first kappa shape index (κ1) is 21.0. The molecule has 5 aromatic rings. The summed E-state index contributed by atoms with van der Waals surface area (Å²) in [5.41, 5.74) is 6.13. The number of thiophene rings is 1. The van der Waals surface area contributed by atoms with Crippen LogP contribution in [0.25, 0.3) is 22.2 Å². The Morgan fingerprint density at radius 2 is 1.71 bits per heavy atom. The molecule has 0 saturated heterocycles. The Kier molecular flexibility index (Phi) is 5.36. The Morgan fingerprint density at radius 1 is 0.882 bits per heavy atom. The molecule has 0 spiro atoms. The fourth-order valence-corrected chi connectivity index (χ4v) is 5.31. The van der Waals surface area contributed by atoms with Crippen LogP contribution in [-0.4, -0.2) is 15.7 Å². The van der Waals surface area contributed by atoms with Crippen LogP contribution in [0.5, 0.6) is 0 Å². The Labute approximate surface area is 207 Å². The molecule has 1 aliphatic heterocycles. The van der Waals surface area contributed by atoms with Gasteiger partial charge in [-0.3, -0.25) is 0 Å². The predicted octanol–water partition coefficient (Wildman–Crippen LogP) is 7.68. The number of aromatic nitrogens is 2. The van der Waals surface area contributed by atoms with Crippen molar-refractivity contribution in [2.45, 2.75) is 19.4 Å². The number of hydrogen-bond acceptors (Lipinski definition) is 5. The highest BCUT2D eigenvalue weighted by Crippen LogP contribution is 2.39. The summed E-state index contributed by atoms with van der Waals surface area (Å²) in [5, 5.41) is 10.7. The maximum Gasteiger partial charge on any atom is 0.247 e. The van der Waals surface area contributed by atoms with Gasteiger partial charge in [-0.2, -0.15) is 5.10 Å². The zero-order valence-electron chi connectivity index (χ0n) is 18.5. The van der Waals surface area contributed by atoms with Crippen molar-refractivity contribution < 1.29 is 0 Å². The van der Waals surface area contributed by atoms with Crippen molar-refractivity contribution in [3.63, 3.8) is 0 Å². The number of aryl methyl sites for hydroxylation is 1. The quantitative estimate of drug-likeness (QED) is 0.265. The second kappa shape index (κ2) is 8.67. The number of anilines is 1. The smallest absolute Gasteiger partial charge is 0.223 e. The summed E-state index contributed by atoms with van der Waals surface area (Å²) in [6, 6.07) is 28.8. The third-order valence-corrected chi connectivity index (χ3v) is 7.27. The van der Waals surface area contributed by atoms with E-state index in [4.69, 9.17) is 26.7 Å². The lowest BCUT2D eigenvalue weighted by molar-refractivity contribution is 0.700. The van der Waals surface area contributed by atoms with Gasteiger partial charge in [-0.15, -0.1) is 11.3 Å². The van der Waals surface area contributed by atoms with Crippen LogP contribution in [0.1, 0.15) is 28.5 Å². The lowest BCUT2D eigenvalue weighted by Gasteiger charge is -2.21. The van der Waals surface area contributed by atoms with Crippen LogP contribution in [-0.2, 0) is 0 Å². The van der Waals surface area contributed by atoms with E-state index in [9.17, 15) is 0 Å². The molecule has 0 radical (unpaired) electrons. The Morgan fingerprint density at radius 3 is 2.47 bits per heavy atom. The minimum atomic E-state index is 0.0460. The highest BCUT2D eigenvalue weighted by molar-refractivity contribution is 7.10. The third kappa shape index (κ3) is 3.87. The maximum atomic E-state index is 6.35. The molecule has 1 aliphatic rings. The van der Waals surface area contributed by atoms with Crippen molar-refractivity contribution in [2.24, 2.45) is 5.10 Å². The molecule has 1 atom stereocenters. The number of benzene rings is 3. The fraction of sp³-hybridized carbons (Fsp3) is 0.107. The van der Waals surface area contributed by atoms with Crippen molar-refractivity contribution in [1.29, 1.82) is 0 Å². The SMILES string of the molecule is Cc1ccc(C2=NN(c3nc(-c4ccccc4)c4cc(Cl)ccc4n3)[C@@H](c3cccs3)C2)cc1. The van der Waals surface area contributed by atoms with Crippen LogP contribution in [0.4, 0.5) is 5.95 Å². The average molecular weight is 481 g/mol. The molecule has 0 bridgehead atoms. The van der Waals surface area contributed by atoms with E-state index in [0.717, 1.165) is 39.9 Å². The monoisotopic (exact) mass is 480 g/mol. The van der Waals surface area contributed by atoms with Gasteiger partial charge in [-0.05, 0) is 42.1 Å². The maximum absolute atomic E-state index is 6.35. The van der Waals surface area contributed by atoms with Crippen LogP contribution in [0, 0.1) is 6.92 Å². The van der Waals surface area contributed by atoms with Crippen molar-refractivity contribution in [3.8, 4) is 11.3 Å². The van der Waals surface area contributed by atoms with Crippen LogP contribution in [0.2, 0.25) is 5.02 Å². The summed E-state index contributed by atoms with van der Waals surface area (Å²) < 4.78 is 0. The molecular weight excluding hydrogens is 460 g/mol. The molecule has 6 heteroatoms. The van der Waals surface area contributed by atoms with Crippen molar-refractivity contribution >= 4 is 45.5 Å². The molecule has 3 aromatic carbocycles. The number of nitrogens with zero attached hydrogens (tertiary/aromatic N) is 4. The van der Waals surface area contributed by atoms with E-state index >= 15 is 0 Å². The molecule has 0 unspecified atom stereocenters. The minimum absolute atomic E-state index is 0.0460. The van der Waals surface area contributed by atoms with Crippen molar-refractivity contribution in [3.05, 3.63) is 111 Å². The number of hydrogen-bond donors (Lipinski definition) is 0. The Bertz CT molecular complexity index is 1500. The van der Waals surface area contributed by atoms with E-state index in [1.54, 1.807) is 11.3 Å². The molecule has 0 aliphatic carbocycles. The largest absolute Gasteiger partial charge is 0.247 e. The number of halogens is 1. The van der Waals surface area contributed by atoms with Gasteiger partial charge >= 0.3 is 0 Å². The Hall–Kier alpha value is -3.54. The summed E-state index contributed by atoms with van der Waals surface area (Å²) in [6.07, 6.45) is 0.798. The van der Waals surface area contributed by atoms with E-state index in [1.165, 1.54) is 10.4 Å². The second-order valence-electron chi connectivity index (χ2n) is 8.39. The highest BCUT2D eigenvalue weighted by atomic mass is 35.5. The summed E-state index contributed by atoms with van der Waals surface area (Å²) >= 11 is 8.08. The summed E-state index contributed by atoms with van der Waals surface area (Å²) in [4.78, 5) is 11.2. The molecule has 0 fully saturated rings. The average Bonchev–Trinajstić information content (AvgIpc) is 3.55. The number of rotatable bonds is 4. The van der Waals surface area contributed by atoms with Gasteiger partial charge in [0.25, 0.3) is 0 Å². The normalized spacial score (nSPS) is 15.6. The molecule has 0 amide bonds. The van der Waals surface area contributed by atoms with Crippen LogP contribution in [0.15, 0.2) is 95.4 Å². The van der Waals surface area contributed by atoms with Gasteiger partial charge in [0.05, 0.1) is 23.0 Å². The first-order valence-corrected chi connectivity index (χ1v) is 12.4. The van der Waals surface area contributed by atoms with E-state index in [2.05, 4.69) is 60.8 Å². The molecule has 6 rings (SSSR count). The zero-order valence-corrected chi connectivity index (χ0v) is 20.1. The second-order valence-corrected chi connectivity index (χ2v) is 9.81. The number of hydrazone groups is 1. The molecule has 4 nitrogen and oxygen atoms in total. The van der Waals surface area contributed by atoms with Gasteiger partial charge in [0.2, 0.25) is 5.95 Å². The van der Waals surface area contributed by atoms with E-state index < -0.39 is 0 Å². The number of fused-ring (bicyclic) bond motifs is 1. The van der Waals surface area contributed by atoms with Gasteiger partial charge in [-0.1, -0.05) is 77.8 Å². The first-order valence-electron chi connectivity index (χ1n) is 11.2. The van der Waals surface area contributed by atoms with Gasteiger partial charge < -0.3 is 0 Å². The summed E-state index contributed by atoms with van der Waals surface area (Å²) in [7, 11) is 0. The zero-order chi connectivity index (χ0) is 23.1. The minimum Gasteiger partial charge on any atom is -0.223 e. The van der Waals surface area contributed by atoms with Gasteiger partial charge in [0.1, 0.15) is 0 Å². The summed E-state index contributed by atoms with van der Waals surface area (Å²) in [5.74, 6) is 0.592. The van der Waals surface area contributed by atoms with E-state index in [1.807, 2.05) is 41.4 Å². The summed E-state index contributed by atoms with van der Waals surface area (Å²) in [6.45, 7) is 2.10. The van der Waals surface area contributed by atoms with Crippen LogP contribution >= 0.6 is 22.9 Å². The van der Waals surface area contributed by atoms with Gasteiger partial charge in [-0.25, -0.2) is 15.0 Å². The molecular formula is C28H21ClN4S. The molecule has 34 heavy (non-hydrogen) atoms. The van der Waals surface area contributed by atoms with Crippen LogP contribution < -0.4 is 5.01 Å². The van der Waals surface area contributed by atoms with Gasteiger partial charge in [0.15, 0.2) is 0 Å². The molecule has 2 aromatic heterocycles. The lowest BCUT2D eigenvalue weighted by atomic mass is 10.0. The predicted molar refractivity (Wildman–Crippen MR) is 142 cm³/mol. The Balaban J connectivity index is 1.53. The molecule has 3 heterocycles. The highest BCUT2D eigenvalue weighted by Gasteiger charge is 2.33. The first-order chi connectivity index (χ1) is 16.7. The molecule has 0 N–H and O–H groups in total. The molecule has 0 saturated carbocycles. The van der Waals surface area contributed by atoms with Crippen molar-refractivity contribution in [1.82, 2.24) is 9.97 Å². The van der Waals surface area contributed by atoms with Crippen molar-refractivity contribution in [2.75, 3.05) is 5.01 Å². The standard InChI is InChI=1S/C28H21ClN4S/c1-18-9-11-19(12-10-18)24-17-25(26-8-5-15-34-26)33(32-24)28-30-23-14-13-21(29)16-22(23)27(31-28)20-6-3-2-4-7-20/h2-16,25H,17H2,1H3/t25-/m1/s1. The van der Waals surface area contributed by atoms with E-state index in [-0.39, 0.29) is 6.04 Å². The molecule has 166 valence electrons. The lowest BCUT2D eigenvalue weighted by Crippen LogP contribution is -2.20. The fourth-order valence-electron chi connectivity index (χ4n) is 4.32.